The molecule has 2 heterocycles. The minimum Gasteiger partial charge on any atom is -0.304 e. The van der Waals surface area contributed by atoms with Gasteiger partial charge < -0.3 is 4.90 Å². The Bertz CT molecular complexity index is 1280. The highest BCUT2D eigenvalue weighted by atomic mass is 35.5. The third-order valence-electron chi connectivity index (χ3n) is 5.78. The van der Waals surface area contributed by atoms with Crippen LogP contribution in [0.2, 0.25) is 5.02 Å². The van der Waals surface area contributed by atoms with Crippen molar-refractivity contribution in [1.29, 1.82) is 0 Å². The van der Waals surface area contributed by atoms with Crippen molar-refractivity contribution in [2.24, 2.45) is 0 Å². The lowest BCUT2D eigenvalue weighted by atomic mass is 10.0. The Morgan fingerprint density at radius 1 is 0.970 bits per heavy atom. The van der Waals surface area contributed by atoms with Gasteiger partial charge in [0.2, 0.25) is 10.8 Å². The van der Waals surface area contributed by atoms with E-state index in [-0.39, 0.29) is 18.0 Å². The highest BCUT2D eigenvalue weighted by Gasteiger charge is 2.61. The van der Waals surface area contributed by atoms with E-state index >= 15 is 0 Å². The SMILES string of the molecule is O=C1CSC2(C(=O)N(Cc3ccccc3Cl)c3ccccc32)N1c1cccc(C(F)(F)F)c1. The van der Waals surface area contributed by atoms with Crippen LogP contribution >= 0.6 is 23.4 Å². The summed E-state index contributed by atoms with van der Waals surface area (Å²) in [6.45, 7) is 0.169. The molecule has 0 N–H and O–H groups in total. The number of rotatable bonds is 3. The van der Waals surface area contributed by atoms with E-state index in [4.69, 9.17) is 11.6 Å². The molecule has 4 nitrogen and oxygen atoms in total. The van der Waals surface area contributed by atoms with E-state index < -0.39 is 28.4 Å². The molecule has 2 aliphatic heterocycles. The normalized spacial score (nSPS) is 20.1. The van der Waals surface area contributed by atoms with Gasteiger partial charge in [-0.05, 0) is 35.9 Å². The summed E-state index contributed by atoms with van der Waals surface area (Å²) in [6.07, 6.45) is -4.58. The van der Waals surface area contributed by atoms with E-state index in [1.165, 1.54) is 17.0 Å². The maximum atomic E-state index is 14.0. The summed E-state index contributed by atoms with van der Waals surface area (Å²) >= 11 is 7.44. The molecule has 0 aliphatic carbocycles. The Morgan fingerprint density at radius 3 is 2.45 bits per heavy atom. The molecular weight excluding hydrogens is 473 g/mol. The van der Waals surface area contributed by atoms with Crippen molar-refractivity contribution >= 4 is 46.6 Å². The van der Waals surface area contributed by atoms with Gasteiger partial charge in [0, 0.05) is 16.3 Å². The van der Waals surface area contributed by atoms with Crippen molar-refractivity contribution in [3.05, 3.63) is 94.5 Å². The fraction of sp³-hybridized carbons (Fsp3) is 0.167. The number of halogens is 4. The monoisotopic (exact) mass is 488 g/mol. The molecule has 2 amide bonds. The second-order valence-electron chi connectivity index (χ2n) is 7.71. The quantitative estimate of drug-likeness (QED) is 0.465. The van der Waals surface area contributed by atoms with Gasteiger partial charge in [0.05, 0.1) is 23.5 Å². The summed E-state index contributed by atoms with van der Waals surface area (Å²) in [6, 6.07) is 18.7. The average molecular weight is 489 g/mol. The topological polar surface area (TPSA) is 40.6 Å². The number of nitrogens with zero attached hydrogens (tertiary/aromatic N) is 2. The summed E-state index contributed by atoms with van der Waals surface area (Å²) in [5.41, 5.74) is 1.03. The van der Waals surface area contributed by atoms with Crippen LogP contribution in [-0.2, 0) is 27.2 Å². The number of fused-ring (bicyclic) bond motifs is 2. The van der Waals surface area contributed by atoms with E-state index in [9.17, 15) is 22.8 Å². The molecule has 1 saturated heterocycles. The second kappa shape index (κ2) is 7.81. The molecule has 33 heavy (non-hydrogen) atoms. The van der Waals surface area contributed by atoms with Crippen LogP contribution in [0.1, 0.15) is 16.7 Å². The number of para-hydroxylation sites is 1. The first-order chi connectivity index (χ1) is 15.7. The lowest BCUT2D eigenvalue weighted by molar-refractivity contribution is -0.137. The first-order valence-corrected chi connectivity index (χ1v) is 11.4. The van der Waals surface area contributed by atoms with Crippen LogP contribution in [0, 0.1) is 0 Å². The van der Waals surface area contributed by atoms with Gasteiger partial charge in [-0.1, -0.05) is 54.1 Å². The first-order valence-electron chi connectivity index (χ1n) is 10.0. The smallest absolute Gasteiger partial charge is 0.304 e. The standard InChI is InChI=1S/C24H16ClF3N2O2S/c25-19-10-3-1-6-15(19)13-29-20-11-4-2-9-18(20)23(22(29)32)30(21(31)14-33-23)17-8-5-7-16(12-17)24(26,27)28/h1-12H,13-14H2. The van der Waals surface area contributed by atoms with Crippen LogP contribution in [0.4, 0.5) is 24.5 Å². The van der Waals surface area contributed by atoms with Crippen LogP contribution in [0.25, 0.3) is 0 Å². The number of carbonyl (C=O) groups excluding carboxylic acids is 2. The van der Waals surface area contributed by atoms with Gasteiger partial charge in [0.25, 0.3) is 5.91 Å². The van der Waals surface area contributed by atoms with Crippen molar-refractivity contribution in [1.82, 2.24) is 0 Å². The summed E-state index contributed by atoms with van der Waals surface area (Å²) < 4.78 is 40.1. The zero-order valence-electron chi connectivity index (χ0n) is 17.0. The number of hydrogen-bond donors (Lipinski definition) is 0. The Morgan fingerprint density at radius 2 is 1.70 bits per heavy atom. The Labute approximate surface area is 196 Å². The molecule has 1 fully saturated rings. The summed E-state index contributed by atoms with van der Waals surface area (Å²) in [7, 11) is 0. The minimum absolute atomic E-state index is 0.0302. The van der Waals surface area contributed by atoms with Crippen LogP contribution < -0.4 is 9.80 Å². The minimum atomic E-state index is -4.58. The fourth-order valence-electron chi connectivity index (χ4n) is 4.33. The molecular formula is C24H16ClF3N2O2S. The molecule has 3 aromatic rings. The molecule has 2 aliphatic rings. The van der Waals surface area contributed by atoms with Crippen molar-refractivity contribution in [3.63, 3.8) is 0 Å². The maximum Gasteiger partial charge on any atom is 0.416 e. The summed E-state index contributed by atoms with van der Waals surface area (Å²) in [5.74, 6) is -0.852. The van der Waals surface area contributed by atoms with Gasteiger partial charge in [-0.25, -0.2) is 0 Å². The molecule has 168 valence electrons. The van der Waals surface area contributed by atoms with Crippen molar-refractivity contribution < 1.29 is 22.8 Å². The number of carbonyl (C=O) groups is 2. The largest absolute Gasteiger partial charge is 0.416 e. The summed E-state index contributed by atoms with van der Waals surface area (Å²) in [4.78, 5) is 28.2. The van der Waals surface area contributed by atoms with E-state index in [0.717, 1.165) is 29.5 Å². The molecule has 0 radical (unpaired) electrons. The van der Waals surface area contributed by atoms with Crippen molar-refractivity contribution in [3.8, 4) is 0 Å². The van der Waals surface area contributed by atoms with Crippen LogP contribution in [0.3, 0.4) is 0 Å². The van der Waals surface area contributed by atoms with Crippen molar-refractivity contribution in [2.45, 2.75) is 17.6 Å². The Balaban J connectivity index is 1.65. The number of anilines is 2. The lowest BCUT2D eigenvalue weighted by Crippen LogP contribution is -2.49. The highest BCUT2D eigenvalue weighted by Crippen LogP contribution is 2.56. The molecule has 9 heteroatoms. The molecule has 0 aromatic heterocycles. The Kier molecular flexibility index (Phi) is 5.17. The third kappa shape index (κ3) is 3.40. The molecule has 0 saturated carbocycles. The first kappa shape index (κ1) is 21.9. The van der Waals surface area contributed by atoms with Crippen LogP contribution in [0.5, 0.6) is 0 Å². The zero-order valence-corrected chi connectivity index (χ0v) is 18.5. The third-order valence-corrected chi connectivity index (χ3v) is 7.54. The molecule has 0 bridgehead atoms. The number of benzene rings is 3. The van der Waals surface area contributed by atoms with E-state index in [2.05, 4.69) is 0 Å². The second-order valence-corrected chi connectivity index (χ2v) is 9.29. The van der Waals surface area contributed by atoms with Gasteiger partial charge in [-0.3, -0.25) is 14.5 Å². The van der Waals surface area contributed by atoms with E-state index in [1.54, 1.807) is 47.4 Å². The molecule has 1 atom stereocenters. The molecule has 1 unspecified atom stereocenters. The predicted octanol–water partition coefficient (Wildman–Crippen LogP) is 5.84. The Hall–Kier alpha value is -2.97. The van der Waals surface area contributed by atoms with Crippen LogP contribution in [0.15, 0.2) is 72.8 Å². The number of amides is 2. The number of thioether (sulfide) groups is 1. The predicted molar refractivity (Wildman–Crippen MR) is 122 cm³/mol. The van der Waals surface area contributed by atoms with E-state index in [0.29, 0.717) is 16.3 Å². The van der Waals surface area contributed by atoms with Gasteiger partial charge in [0.15, 0.2) is 0 Å². The molecule has 5 rings (SSSR count). The van der Waals surface area contributed by atoms with E-state index in [1.807, 2.05) is 6.07 Å². The number of hydrogen-bond acceptors (Lipinski definition) is 3. The highest BCUT2D eigenvalue weighted by molar-refractivity contribution is 8.02. The summed E-state index contributed by atoms with van der Waals surface area (Å²) in [5, 5.41) is 0.494. The van der Waals surface area contributed by atoms with Crippen LogP contribution in [-0.4, -0.2) is 17.6 Å². The van der Waals surface area contributed by atoms with Gasteiger partial charge in [-0.2, -0.15) is 13.2 Å². The lowest BCUT2D eigenvalue weighted by Gasteiger charge is -2.33. The average Bonchev–Trinajstić information content (AvgIpc) is 3.26. The van der Waals surface area contributed by atoms with Gasteiger partial charge in [0.1, 0.15) is 0 Å². The van der Waals surface area contributed by atoms with Crippen molar-refractivity contribution in [2.75, 3.05) is 15.6 Å². The number of alkyl halides is 3. The van der Waals surface area contributed by atoms with Gasteiger partial charge >= 0.3 is 6.18 Å². The molecule has 1 spiro atoms. The fourth-order valence-corrected chi connectivity index (χ4v) is 5.89. The molecule has 3 aromatic carbocycles. The zero-order chi connectivity index (χ0) is 23.4. The van der Waals surface area contributed by atoms with Gasteiger partial charge in [-0.15, -0.1) is 11.8 Å². The maximum absolute atomic E-state index is 14.0.